The van der Waals surface area contributed by atoms with Crippen LogP contribution in [0, 0.1) is 13.8 Å². The lowest BCUT2D eigenvalue weighted by molar-refractivity contribution is 0.949. The number of hydrogen-bond acceptors (Lipinski definition) is 1. The minimum absolute atomic E-state index is 1.33. The van der Waals surface area contributed by atoms with Gasteiger partial charge in [0.1, 0.15) is 0 Å². The van der Waals surface area contributed by atoms with E-state index in [9.17, 15) is 0 Å². The van der Waals surface area contributed by atoms with Crippen molar-refractivity contribution in [2.75, 3.05) is 11.5 Å². The molecule has 0 unspecified atom stereocenters. The fourth-order valence-electron chi connectivity index (χ4n) is 1.15. The number of benzene rings is 1. The van der Waals surface area contributed by atoms with E-state index in [2.05, 4.69) is 49.9 Å². The van der Waals surface area contributed by atoms with E-state index in [4.69, 9.17) is 0 Å². The van der Waals surface area contributed by atoms with Crippen LogP contribution in [-0.4, -0.2) is 11.5 Å². The molecule has 0 aliphatic carbocycles. The molecule has 1 heterocycles. The largest absolute Gasteiger partial charge is 0.162 e. The summed E-state index contributed by atoms with van der Waals surface area (Å²) in [7, 11) is 0. The monoisotopic (exact) mass is 194 g/mol. The van der Waals surface area contributed by atoms with Crippen LogP contribution in [-0.2, 0) is 0 Å². The Kier molecular flexibility index (Phi) is 4.99. The topological polar surface area (TPSA) is 0 Å². The Morgan fingerprint density at radius 2 is 1.23 bits per heavy atom. The average Bonchev–Trinajstić information content (AvgIpc) is 2.68. The van der Waals surface area contributed by atoms with Gasteiger partial charge in [-0.3, -0.25) is 0 Å². The molecular weight excluding hydrogens is 176 g/mol. The van der Waals surface area contributed by atoms with Gasteiger partial charge in [-0.25, -0.2) is 0 Å². The molecular formula is C12H18S. The smallest absolute Gasteiger partial charge is 0.00672 e. The van der Waals surface area contributed by atoms with Crippen LogP contribution in [0.3, 0.4) is 0 Å². The fraction of sp³-hybridized carbons (Fsp3) is 0.500. The van der Waals surface area contributed by atoms with Crippen molar-refractivity contribution in [3.8, 4) is 0 Å². The van der Waals surface area contributed by atoms with Gasteiger partial charge in [0.25, 0.3) is 0 Å². The van der Waals surface area contributed by atoms with Crippen LogP contribution in [0.2, 0.25) is 0 Å². The van der Waals surface area contributed by atoms with Crippen LogP contribution in [0.1, 0.15) is 24.0 Å². The highest BCUT2D eigenvalue weighted by atomic mass is 32.2. The van der Waals surface area contributed by atoms with Crippen molar-refractivity contribution in [3.05, 3.63) is 35.4 Å². The van der Waals surface area contributed by atoms with Crippen LogP contribution in [0.5, 0.6) is 0 Å². The SMILES string of the molecule is C1CCSC1.Cc1ccc(C)cc1. The van der Waals surface area contributed by atoms with Gasteiger partial charge in [0.05, 0.1) is 0 Å². The molecule has 1 aromatic rings. The summed E-state index contributed by atoms with van der Waals surface area (Å²) < 4.78 is 0. The van der Waals surface area contributed by atoms with Gasteiger partial charge in [0, 0.05) is 0 Å². The number of aryl methyl sites for hydroxylation is 2. The van der Waals surface area contributed by atoms with E-state index < -0.39 is 0 Å². The first-order valence-corrected chi connectivity index (χ1v) is 6.05. The fourth-order valence-corrected chi connectivity index (χ4v) is 2.17. The number of hydrogen-bond donors (Lipinski definition) is 0. The summed E-state index contributed by atoms with van der Waals surface area (Å²) in [6, 6.07) is 8.48. The summed E-state index contributed by atoms with van der Waals surface area (Å²) in [4.78, 5) is 0. The van der Waals surface area contributed by atoms with E-state index in [0.717, 1.165) is 0 Å². The lowest BCUT2D eigenvalue weighted by atomic mass is 10.2. The maximum absolute atomic E-state index is 2.12. The normalized spacial score (nSPS) is 14.9. The standard InChI is InChI=1S/C8H10.C4H8S/c1-7-3-5-8(2)6-4-7;1-2-4-5-3-1/h3-6H,1-2H3;1-4H2. The first-order chi connectivity index (χ1) is 6.29. The first-order valence-electron chi connectivity index (χ1n) is 4.90. The van der Waals surface area contributed by atoms with E-state index in [1.165, 1.54) is 35.5 Å². The van der Waals surface area contributed by atoms with Crippen molar-refractivity contribution in [1.29, 1.82) is 0 Å². The Morgan fingerprint density at radius 3 is 1.46 bits per heavy atom. The molecule has 1 aliphatic rings. The molecule has 1 aromatic carbocycles. The molecule has 0 N–H and O–H groups in total. The third kappa shape index (κ3) is 4.99. The molecule has 1 aliphatic heterocycles. The van der Waals surface area contributed by atoms with Crippen molar-refractivity contribution >= 4 is 11.8 Å². The molecule has 1 heteroatoms. The summed E-state index contributed by atoms with van der Waals surface area (Å²) in [6.07, 6.45) is 2.93. The maximum Gasteiger partial charge on any atom is -0.00672 e. The molecule has 0 nitrogen and oxygen atoms in total. The van der Waals surface area contributed by atoms with Crippen molar-refractivity contribution in [1.82, 2.24) is 0 Å². The molecule has 0 bridgehead atoms. The van der Waals surface area contributed by atoms with Crippen molar-refractivity contribution < 1.29 is 0 Å². The van der Waals surface area contributed by atoms with Gasteiger partial charge in [-0.15, -0.1) is 0 Å². The van der Waals surface area contributed by atoms with Crippen LogP contribution in [0.25, 0.3) is 0 Å². The molecule has 1 fully saturated rings. The zero-order chi connectivity index (χ0) is 9.52. The van der Waals surface area contributed by atoms with Crippen molar-refractivity contribution in [3.63, 3.8) is 0 Å². The Bertz CT molecular complexity index is 193. The summed E-state index contributed by atoms with van der Waals surface area (Å²) in [6.45, 7) is 4.19. The Balaban J connectivity index is 0.000000145. The zero-order valence-electron chi connectivity index (χ0n) is 8.55. The van der Waals surface area contributed by atoms with E-state index in [0.29, 0.717) is 0 Å². The van der Waals surface area contributed by atoms with Crippen LogP contribution >= 0.6 is 11.8 Å². The molecule has 0 radical (unpaired) electrons. The summed E-state index contributed by atoms with van der Waals surface area (Å²) >= 11 is 2.07. The molecule has 1 saturated heterocycles. The van der Waals surface area contributed by atoms with Gasteiger partial charge >= 0.3 is 0 Å². The van der Waals surface area contributed by atoms with E-state index in [1.807, 2.05) is 0 Å². The first kappa shape index (κ1) is 10.6. The lowest BCUT2D eigenvalue weighted by Crippen LogP contribution is -1.70. The Labute approximate surface area is 85.7 Å². The van der Waals surface area contributed by atoms with E-state index in [-0.39, 0.29) is 0 Å². The molecule has 0 saturated carbocycles. The predicted octanol–water partition coefficient (Wildman–Crippen LogP) is 3.82. The lowest BCUT2D eigenvalue weighted by Gasteiger charge is -1.90. The van der Waals surface area contributed by atoms with Gasteiger partial charge in [0.15, 0.2) is 0 Å². The molecule has 0 amide bonds. The second-order valence-corrected chi connectivity index (χ2v) is 4.70. The third-order valence-corrected chi connectivity index (χ3v) is 3.20. The zero-order valence-corrected chi connectivity index (χ0v) is 9.36. The second kappa shape index (κ2) is 6.09. The van der Waals surface area contributed by atoms with Crippen LogP contribution < -0.4 is 0 Å². The number of rotatable bonds is 0. The molecule has 2 rings (SSSR count). The highest BCUT2D eigenvalue weighted by Crippen LogP contribution is 2.14. The van der Waals surface area contributed by atoms with Gasteiger partial charge in [0.2, 0.25) is 0 Å². The van der Waals surface area contributed by atoms with Crippen LogP contribution in [0.15, 0.2) is 24.3 Å². The molecule has 13 heavy (non-hydrogen) atoms. The Morgan fingerprint density at radius 1 is 0.846 bits per heavy atom. The van der Waals surface area contributed by atoms with Crippen molar-refractivity contribution in [2.24, 2.45) is 0 Å². The average molecular weight is 194 g/mol. The van der Waals surface area contributed by atoms with Gasteiger partial charge in [-0.1, -0.05) is 35.4 Å². The molecule has 0 spiro atoms. The number of thioether (sulfide) groups is 1. The van der Waals surface area contributed by atoms with Gasteiger partial charge < -0.3 is 0 Å². The minimum Gasteiger partial charge on any atom is -0.162 e. The Hall–Kier alpha value is -0.430. The quantitative estimate of drug-likeness (QED) is 0.605. The molecule has 72 valence electrons. The molecule has 0 aromatic heterocycles. The molecule has 0 atom stereocenters. The summed E-state index contributed by atoms with van der Waals surface area (Å²) in [5.74, 6) is 2.83. The van der Waals surface area contributed by atoms with E-state index in [1.54, 1.807) is 0 Å². The summed E-state index contributed by atoms with van der Waals surface area (Å²) in [5.41, 5.74) is 2.66. The minimum atomic E-state index is 1.33. The predicted molar refractivity (Wildman–Crippen MR) is 62.5 cm³/mol. The highest BCUT2D eigenvalue weighted by molar-refractivity contribution is 7.99. The third-order valence-electron chi connectivity index (χ3n) is 2.05. The van der Waals surface area contributed by atoms with Gasteiger partial charge in [-0.2, -0.15) is 11.8 Å². The van der Waals surface area contributed by atoms with E-state index >= 15 is 0 Å². The van der Waals surface area contributed by atoms with Crippen LogP contribution in [0.4, 0.5) is 0 Å². The maximum atomic E-state index is 2.12. The summed E-state index contributed by atoms with van der Waals surface area (Å²) in [5, 5.41) is 0. The highest BCUT2D eigenvalue weighted by Gasteiger charge is 1.95. The second-order valence-electron chi connectivity index (χ2n) is 3.47. The van der Waals surface area contributed by atoms with Crippen molar-refractivity contribution in [2.45, 2.75) is 26.7 Å². The van der Waals surface area contributed by atoms with Gasteiger partial charge in [-0.05, 0) is 38.2 Å².